The molecule has 0 aromatic heterocycles. The summed E-state index contributed by atoms with van der Waals surface area (Å²) in [4.78, 5) is 12.1. The predicted molar refractivity (Wildman–Crippen MR) is 110 cm³/mol. The van der Waals surface area contributed by atoms with E-state index in [9.17, 15) is 15.0 Å². The average molecular weight is 399 g/mol. The van der Waals surface area contributed by atoms with Crippen LogP contribution in [0.2, 0.25) is 5.02 Å². The maximum atomic E-state index is 12.1. The lowest BCUT2D eigenvalue weighted by atomic mass is 9.97. The van der Waals surface area contributed by atoms with Crippen molar-refractivity contribution in [3.05, 3.63) is 34.9 Å². The molecule has 2 rings (SSSR count). The van der Waals surface area contributed by atoms with Gasteiger partial charge in [0.05, 0.1) is 12.2 Å². The SMILES string of the molecule is CC(O)CS[C@H]1C(O)CC(=O)[C@@H]1CCCCCCCc1ccc(Cl)cc1. The number of thioether (sulfide) groups is 1. The molecule has 0 bridgehead atoms. The minimum absolute atomic E-state index is 0.0391. The van der Waals surface area contributed by atoms with Gasteiger partial charge in [-0.2, -0.15) is 11.8 Å². The molecule has 2 N–H and O–H groups in total. The summed E-state index contributed by atoms with van der Waals surface area (Å²) in [5, 5.41) is 20.3. The van der Waals surface area contributed by atoms with Gasteiger partial charge in [-0.1, -0.05) is 49.4 Å². The highest BCUT2D eigenvalue weighted by atomic mass is 35.5. The second kappa shape index (κ2) is 11.3. The predicted octanol–water partition coefficient (Wildman–Crippen LogP) is 4.66. The Balaban J connectivity index is 1.60. The third kappa shape index (κ3) is 7.22. The van der Waals surface area contributed by atoms with Gasteiger partial charge >= 0.3 is 0 Å². The minimum atomic E-state index is -0.546. The molecule has 1 aromatic rings. The average Bonchev–Trinajstić information content (AvgIpc) is 2.86. The monoisotopic (exact) mass is 398 g/mol. The molecule has 4 atom stereocenters. The van der Waals surface area contributed by atoms with Crippen LogP contribution in [0, 0.1) is 5.92 Å². The number of unbranched alkanes of at least 4 members (excludes halogenated alkanes) is 4. The van der Waals surface area contributed by atoms with Crippen LogP contribution in [0.5, 0.6) is 0 Å². The van der Waals surface area contributed by atoms with E-state index in [0.29, 0.717) is 5.75 Å². The Labute approximate surface area is 166 Å². The fourth-order valence-corrected chi connectivity index (χ4v) is 5.07. The summed E-state index contributed by atoms with van der Waals surface area (Å²) in [6.07, 6.45) is 7.02. The Morgan fingerprint density at radius 2 is 1.81 bits per heavy atom. The van der Waals surface area contributed by atoms with Crippen LogP contribution in [0.1, 0.15) is 57.4 Å². The van der Waals surface area contributed by atoms with Crippen LogP contribution in [-0.2, 0) is 11.2 Å². The van der Waals surface area contributed by atoms with Crippen molar-refractivity contribution in [3.8, 4) is 0 Å². The second-order valence-corrected chi connectivity index (χ2v) is 9.07. The molecule has 0 aliphatic heterocycles. The first-order valence-electron chi connectivity index (χ1n) is 9.72. The zero-order valence-electron chi connectivity index (χ0n) is 15.6. The smallest absolute Gasteiger partial charge is 0.139 e. The van der Waals surface area contributed by atoms with Crippen LogP contribution in [0.3, 0.4) is 0 Å². The first-order valence-corrected chi connectivity index (χ1v) is 11.1. The largest absolute Gasteiger partial charge is 0.393 e. The number of carbonyl (C=O) groups is 1. The Morgan fingerprint density at radius 1 is 1.15 bits per heavy atom. The second-order valence-electron chi connectivity index (χ2n) is 7.42. The standard InChI is InChI=1S/C21H31ClO3S/c1-15(23)14-26-21-18(19(24)13-20(21)25)8-6-4-2-3-5-7-16-9-11-17(22)12-10-16/h9-12,15,18,20-21,23,25H,2-8,13-14H2,1H3/t15?,18-,20?,21+/m0/s1. The number of aliphatic hydroxyl groups is 2. The van der Waals surface area contributed by atoms with E-state index in [2.05, 4.69) is 12.1 Å². The van der Waals surface area contributed by atoms with Gasteiger partial charge in [-0.15, -0.1) is 0 Å². The van der Waals surface area contributed by atoms with Crippen LogP contribution < -0.4 is 0 Å². The van der Waals surface area contributed by atoms with Gasteiger partial charge in [0.15, 0.2) is 0 Å². The summed E-state index contributed by atoms with van der Waals surface area (Å²) in [7, 11) is 0. The molecule has 1 saturated carbocycles. The molecule has 0 heterocycles. The molecule has 26 heavy (non-hydrogen) atoms. The number of carbonyl (C=O) groups excluding carboxylic acids is 1. The third-order valence-electron chi connectivity index (χ3n) is 5.02. The maximum absolute atomic E-state index is 12.1. The van der Waals surface area contributed by atoms with Crippen molar-refractivity contribution >= 4 is 29.1 Å². The van der Waals surface area contributed by atoms with E-state index in [1.54, 1.807) is 18.7 Å². The minimum Gasteiger partial charge on any atom is -0.393 e. The number of halogens is 1. The van der Waals surface area contributed by atoms with Crippen molar-refractivity contribution in [2.24, 2.45) is 5.92 Å². The van der Waals surface area contributed by atoms with Gasteiger partial charge in [0.1, 0.15) is 5.78 Å². The molecule has 2 unspecified atom stereocenters. The molecule has 5 heteroatoms. The molecular formula is C21H31ClO3S. The van der Waals surface area contributed by atoms with Gasteiger partial charge in [-0.3, -0.25) is 4.79 Å². The van der Waals surface area contributed by atoms with E-state index in [-0.39, 0.29) is 23.4 Å². The molecule has 0 saturated heterocycles. The third-order valence-corrected chi connectivity index (χ3v) is 6.98. The molecular weight excluding hydrogens is 368 g/mol. The van der Waals surface area contributed by atoms with E-state index in [1.807, 2.05) is 12.1 Å². The molecule has 1 aliphatic carbocycles. The maximum Gasteiger partial charge on any atom is 0.139 e. The fraction of sp³-hybridized carbons (Fsp3) is 0.667. The van der Waals surface area contributed by atoms with Gasteiger partial charge in [-0.05, 0) is 43.9 Å². The van der Waals surface area contributed by atoms with Crippen LogP contribution >= 0.6 is 23.4 Å². The summed E-state index contributed by atoms with van der Waals surface area (Å²) in [6, 6.07) is 8.06. The number of rotatable bonds is 11. The molecule has 0 radical (unpaired) electrons. The van der Waals surface area contributed by atoms with Crippen LogP contribution in [-0.4, -0.2) is 39.2 Å². The van der Waals surface area contributed by atoms with Gasteiger partial charge < -0.3 is 10.2 Å². The molecule has 1 aliphatic rings. The number of benzene rings is 1. The molecule has 3 nitrogen and oxygen atoms in total. The van der Waals surface area contributed by atoms with Gasteiger partial charge in [0.25, 0.3) is 0 Å². The van der Waals surface area contributed by atoms with E-state index in [4.69, 9.17) is 11.6 Å². The molecule has 1 fully saturated rings. The van der Waals surface area contributed by atoms with Crippen molar-refractivity contribution in [1.82, 2.24) is 0 Å². The van der Waals surface area contributed by atoms with Gasteiger partial charge in [-0.25, -0.2) is 0 Å². The Morgan fingerprint density at radius 3 is 2.50 bits per heavy atom. The van der Waals surface area contributed by atoms with E-state index < -0.39 is 12.2 Å². The summed E-state index contributed by atoms with van der Waals surface area (Å²) in [5.74, 6) is 0.738. The number of Topliss-reactive ketones (excluding diaryl/α,β-unsaturated/α-hetero) is 1. The number of hydrogen-bond donors (Lipinski definition) is 2. The topological polar surface area (TPSA) is 57.5 Å². The molecule has 146 valence electrons. The highest BCUT2D eigenvalue weighted by Gasteiger charge is 2.41. The highest BCUT2D eigenvalue weighted by Crippen LogP contribution is 2.36. The van der Waals surface area contributed by atoms with Crippen molar-refractivity contribution in [1.29, 1.82) is 0 Å². The van der Waals surface area contributed by atoms with E-state index in [1.165, 1.54) is 24.8 Å². The fourth-order valence-electron chi connectivity index (χ4n) is 3.60. The molecule has 0 amide bonds. The normalized spacial score (nSPS) is 24.2. The number of aryl methyl sites for hydroxylation is 1. The lowest BCUT2D eigenvalue weighted by Gasteiger charge is -2.21. The summed E-state index contributed by atoms with van der Waals surface area (Å²) >= 11 is 7.45. The van der Waals surface area contributed by atoms with Crippen LogP contribution in [0.15, 0.2) is 24.3 Å². The highest BCUT2D eigenvalue weighted by molar-refractivity contribution is 8.00. The van der Waals surface area contributed by atoms with Crippen molar-refractivity contribution in [3.63, 3.8) is 0 Å². The first kappa shape index (κ1) is 21.7. The molecule has 0 spiro atoms. The molecule has 1 aromatic carbocycles. The van der Waals surface area contributed by atoms with Crippen LogP contribution in [0.4, 0.5) is 0 Å². The zero-order valence-corrected chi connectivity index (χ0v) is 17.1. The Kier molecular flexibility index (Phi) is 9.48. The van der Waals surface area contributed by atoms with Crippen molar-refractivity contribution < 1.29 is 15.0 Å². The first-order chi connectivity index (χ1) is 12.5. The lowest BCUT2D eigenvalue weighted by molar-refractivity contribution is -0.121. The van der Waals surface area contributed by atoms with Crippen molar-refractivity contribution in [2.45, 2.75) is 75.7 Å². The van der Waals surface area contributed by atoms with Gasteiger partial charge in [0.2, 0.25) is 0 Å². The number of ketones is 1. The van der Waals surface area contributed by atoms with E-state index in [0.717, 1.165) is 30.7 Å². The van der Waals surface area contributed by atoms with E-state index >= 15 is 0 Å². The van der Waals surface area contributed by atoms with Crippen LogP contribution in [0.25, 0.3) is 0 Å². The van der Waals surface area contributed by atoms with Crippen molar-refractivity contribution in [2.75, 3.05) is 5.75 Å². The number of aliphatic hydroxyl groups excluding tert-OH is 2. The lowest BCUT2D eigenvalue weighted by Crippen LogP contribution is -2.25. The summed E-state index contributed by atoms with van der Waals surface area (Å²) in [6.45, 7) is 1.75. The Bertz CT molecular complexity index is 547. The van der Waals surface area contributed by atoms with Gasteiger partial charge in [0, 0.05) is 28.4 Å². The summed E-state index contributed by atoms with van der Waals surface area (Å²) < 4.78 is 0. The number of hydrogen-bond acceptors (Lipinski definition) is 4. The Hall–Kier alpha value is -0.550. The summed E-state index contributed by atoms with van der Waals surface area (Å²) in [5.41, 5.74) is 1.33. The quantitative estimate of drug-likeness (QED) is 0.532. The zero-order chi connectivity index (χ0) is 18.9.